The molecular formula is C36H54F2N7O4P. The van der Waals surface area contributed by atoms with Crippen LogP contribution in [0.2, 0.25) is 0 Å². The highest BCUT2D eigenvalue weighted by molar-refractivity contribution is 7.18. The number of hydrogen-bond donors (Lipinski definition) is 3. The molecule has 1 aromatic carbocycles. The fraction of sp³-hybridized carbons (Fsp3) is 0.472. The van der Waals surface area contributed by atoms with E-state index in [0.29, 0.717) is 17.8 Å². The molecule has 0 aliphatic heterocycles. The van der Waals surface area contributed by atoms with Gasteiger partial charge in [0.1, 0.15) is 12.1 Å². The predicted octanol–water partition coefficient (Wildman–Crippen LogP) is 8.17. The van der Waals surface area contributed by atoms with Gasteiger partial charge in [-0.15, -0.1) is 0 Å². The first-order chi connectivity index (χ1) is 23.8. The zero-order valence-electron chi connectivity index (χ0n) is 30.8. The van der Waals surface area contributed by atoms with Crippen molar-refractivity contribution in [3.8, 4) is 17.1 Å². The third-order valence-electron chi connectivity index (χ3n) is 6.93. The summed E-state index contributed by atoms with van der Waals surface area (Å²) < 4.78 is 33.5. The number of anilines is 2. The van der Waals surface area contributed by atoms with E-state index in [-0.39, 0.29) is 35.8 Å². The van der Waals surface area contributed by atoms with E-state index in [0.717, 1.165) is 36.3 Å². The number of alkyl halides is 2. The highest BCUT2D eigenvalue weighted by Gasteiger charge is 2.22. The lowest BCUT2D eigenvalue weighted by Crippen LogP contribution is -2.32. The largest absolute Gasteiger partial charge is 0.444 e. The summed E-state index contributed by atoms with van der Waals surface area (Å²) in [5, 5.41) is 18.7. The summed E-state index contributed by atoms with van der Waals surface area (Å²) in [4.78, 5) is 33.7. The van der Waals surface area contributed by atoms with Gasteiger partial charge in [-0.05, 0) is 44.0 Å². The molecule has 2 amide bonds. The SMILES string of the molecule is CC.CC.CCC(C)c1nn(-c2ccc(C)cc2)cc1NC(=O)c1coc(-c2ccnc(NCC(F)(F)P)c2)n1.CCCN(CCO)C(C)=O. The molecule has 0 aliphatic carbocycles. The van der Waals surface area contributed by atoms with Crippen molar-refractivity contribution in [1.29, 1.82) is 0 Å². The quantitative estimate of drug-likeness (QED) is 0.118. The number of rotatable bonds is 13. The maximum absolute atomic E-state index is 13.1. The monoisotopic (exact) mass is 717 g/mol. The topological polar surface area (TPSA) is 138 Å². The van der Waals surface area contributed by atoms with Gasteiger partial charge in [0.25, 0.3) is 11.6 Å². The number of aromatic nitrogens is 4. The van der Waals surface area contributed by atoms with Crippen molar-refractivity contribution in [3.63, 3.8) is 0 Å². The molecular weight excluding hydrogens is 663 g/mol. The van der Waals surface area contributed by atoms with Crippen LogP contribution in [0.3, 0.4) is 0 Å². The summed E-state index contributed by atoms with van der Waals surface area (Å²) in [5.41, 5.74) is 0.989. The first-order valence-electron chi connectivity index (χ1n) is 17.0. The van der Waals surface area contributed by atoms with Crippen LogP contribution in [0.1, 0.15) is 95.9 Å². The van der Waals surface area contributed by atoms with Crippen LogP contribution in [0.15, 0.2) is 59.5 Å². The zero-order valence-corrected chi connectivity index (χ0v) is 31.9. The number of hydrogen-bond acceptors (Lipinski definition) is 8. The molecule has 4 aromatic rings. The van der Waals surface area contributed by atoms with Gasteiger partial charge in [-0.25, -0.2) is 23.4 Å². The Kier molecular flexibility index (Phi) is 19.7. The van der Waals surface area contributed by atoms with E-state index in [1.54, 1.807) is 21.8 Å². The van der Waals surface area contributed by atoms with Crippen molar-refractivity contribution >= 4 is 32.6 Å². The molecule has 14 heteroatoms. The van der Waals surface area contributed by atoms with E-state index in [1.165, 1.54) is 34.7 Å². The number of halogens is 2. The van der Waals surface area contributed by atoms with Crippen LogP contribution in [0, 0.1) is 6.92 Å². The number of benzene rings is 1. The van der Waals surface area contributed by atoms with Gasteiger partial charge in [0.2, 0.25) is 11.8 Å². The average Bonchev–Trinajstić information content (AvgIpc) is 3.78. The fourth-order valence-corrected chi connectivity index (χ4v) is 4.36. The van der Waals surface area contributed by atoms with Crippen LogP contribution in [-0.4, -0.2) is 73.5 Å². The molecule has 3 heterocycles. The van der Waals surface area contributed by atoms with Crippen LogP contribution < -0.4 is 10.6 Å². The maximum Gasteiger partial charge on any atom is 0.277 e. The number of nitrogens with one attached hydrogen (secondary N) is 2. The minimum absolute atomic E-state index is 0.0379. The van der Waals surface area contributed by atoms with Gasteiger partial charge in [-0.1, -0.05) is 75.4 Å². The third-order valence-corrected chi connectivity index (χ3v) is 7.13. The second-order valence-corrected chi connectivity index (χ2v) is 11.6. The van der Waals surface area contributed by atoms with E-state index < -0.39 is 18.1 Å². The number of amides is 2. The van der Waals surface area contributed by atoms with E-state index in [9.17, 15) is 18.4 Å². The fourth-order valence-electron chi connectivity index (χ4n) is 4.25. The summed E-state index contributed by atoms with van der Waals surface area (Å²) in [6.45, 7) is 18.3. The Labute approximate surface area is 297 Å². The molecule has 0 fully saturated rings. The Morgan fingerprint density at radius 2 is 1.76 bits per heavy atom. The van der Waals surface area contributed by atoms with Crippen LogP contribution in [0.4, 0.5) is 20.3 Å². The first kappa shape index (κ1) is 43.8. The van der Waals surface area contributed by atoms with Crippen LogP contribution in [0.5, 0.6) is 0 Å². The van der Waals surface area contributed by atoms with Crippen LogP contribution in [-0.2, 0) is 4.79 Å². The summed E-state index contributed by atoms with van der Waals surface area (Å²) in [5.74, 6) is 0.113. The Bertz CT molecular complexity index is 1570. The van der Waals surface area contributed by atoms with Gasteiger partial charge in [-0.3, -0.25) is 9.59 Å². The molecule has 0 saturated heterocycles. The lowest BCUT2D eigenvalue weighted by atomic mass is 10.0. The number of pyridine rings is 1. The molecule has 3 aromatic heterocycles. The van der Waals surface area contributed by atoms with E-state index in [4.69, 9.17) is 14.6 Å². The van der Waals surface area contributed by atoms with Crippen molar-refractivity contribution in [2.45, 2.75) is 86.7 Å². The van der Waals surface area contributed by atoms with Crippen molar-refractivity contribution in [2.24, 2.45) is 0 Å². The first-order valence-corrected chi connectivity index (χ1v) is 17.6. The van der Waals surface area contributed by atoms with Gasteiger partial charge < -0.3 is 25.1 Å². The molecule has 50 heavy (non-hydrogen) atoms. The molecule has 0 spiro atoms. The summed E-state index contributed by atoms with van der Waals surface area (Å²) in [6.07, 6.45) is 6.28. The number of carbonyl (C=O) groups is 2. The van der Waals surface area contributed by atoms with Crippen molar-refractivity contribution < 1.29 is 27.9 Å². The Morgan fingerprint density at radius 3 is 2.32 bits per heavy atom. The summed E-state index contributed by atoms with van der Waals surface area (Å²) >= 11 is 0. The van der Waals surface area contributed by atoms with Crippen LogP contribution >= 0.6 is 9.24 Å². The van der Waals surface area contributed by atoms with Crippen molar-refractivity contribution in [1.82, 2.24) is 24.6 Å². The second-order valence-electron chi connectivity index (χ2n) is 10.8. The van der Waals surface area contributed by atoms with E-state index in [1.807, 2.05) is 72.7 Å². The normalized spacial score (nSPS) is 11.1. The predicted molar refractivity (Wildman–Crippen MR) is 200 cm³/mol. The molecule has 0 radical (unpaired) electrons. The molecule has 0 bridgehead atoms. The molecule has 0 saturated carbocycles. The standard InChI is InChI=1S/C25H27F2N6O2P.C7H15NO2.2C2H6/c1-4-16(3)22-19(12-33(32-22)18-7-5-15(2)6-8-18)30-23(34)20-13-35-24(31-20)17-9-10-28-21(11-17)29-14-25(26,27)36;1-3-4-8(5-6-9)7(2)10;2*1-2/h5-13,16H,4,14,36H2,1-3H3,(H,28,29)(H,30,34);9H,3-6H2,1-2H3;2*1-2H3. The molecule has 3 N–H and O–H groups in total. The van der Waals surface area contributed by atoms with Crippen molar-refractivity contribution in [3.05, 3.63) is 72.0 Å². The Morgan fingerprint density at radius 1 is 1.10 bits per heavy atom. The van der Waals surface area contributed by atoms with E-state index in [2.05, 4.69) is 27.5 Å². The molecule has 0 aliphatic rings. The van der Waals surface area contributed by atoms with Gasteiger partial charge in [0.05, 0.1) is 36.4 Å². The lowest BCUT2D eigenvalue weighted by Gasteiger charge is -2.18. The van der Waals surface area contributed by atoms with Crippen molar-refractivity contribution in [2.75, 3.05) is 36.9 Å². The number of aliphatic hydroxyl groups is 1. The Hall–Kier alpha value is -4.22. The highest BCUT2D eigenvalue weighted by atomic mass is 31.0. The number of aliphatic hydroxyl groups excluding tert-OH is 1. The van der Waals surface area contributed by atoms with Gasteiger partial charge >= 0.3 is 0 Å². The highest BCUT2D eigenvalue weighted by Crippen LogP contribution is 2.28. The van der Waals surface area contributed by atoms with Crippen LogP contribution in [0.25, 0.3) is 17.1 Å². The summed E-state index contributed by atoms with van der Waals surface area (Å²) in [6, 6.07) is 11.1. The molecule has 276 valence electrons. The molecule has 2 unspecified atom stereocenters. The number of oxazole rings is 1. The summed E-state index contributed by atoms with van der Waals surface area (Å²) in [7, 11) is 1.47. The molecule has 11 nitrogen and oxygen atoms in total. The van der Waals surface area contributed by atoms with Gasteiger partial charge in [0, 0.05) is 37.7 Å². The third kappa shape index (κ3) is 14.3. The van der Waals surface area contributed by atoms with Gasteiger partial charge in [0.15, 0.2) is 5.69 Å². The number of aryl methyl sites for hydroxylation is 1. The zero-order chi connectivity index (χ0) is 37.9. The number of nitrogens with zero attached hydrogens (tertiary/aromatic N) is 5. The lowest BCUT2D eigenvalue weighted by molar-refractivity contribution is -0.129. The smallest absolute Gasteiger partial charge is 0.277 e. The number of carbonyl (C=O) groups excluding carboxylic acids is 2. The minimum Gasteiger partial charge on any atom is -0.444 e. The average molecular weight is 718 g/mol. The second kappa shape index (κ2) is 22.5. The van der Waals surface area contributed by atoms with E-state index >= 15 is 0 Å². The molecule has 2 atom stereocenters. The maximum atomic E-state index is 13.1. The minimum atomic E-state index is -2.97. The van der Waals surface area contributed by atoms with Gasteiger partial charge in [-0.2, -0.15) is 5.10 Å². The Balaban J connectivity index is 0.000000763. The molecule has 4 rings (SSSR count).